The Kier molecular flexibility index (Phi) is 5.70. The van der Waals surface area contributed by atoms with Crippen molar-refractivity contribution in [3.63, 3.8) is 0 Å². The maximum absolute atomic E-state index is 12.2. The van der Waals surface area contributed by atoms with E-state index in [1.54, 1.807) is 18.2 Å². The van der Waals surface area contributed by atoms with E-state index in [2.05, 4.69) is 15.8 Å². The Morgan fingerprint density at radius 3 is 2.23 bits per heavy atom. The predicted octanol–water partition coefficient (Wildman–Crippen LogP) is 0.912. The van der Waals surface area contributed by atoms with E-state index in [1.165, 1.54) is 37.3 Å². The van der Waals surface area contributed by atoms with Crippen LogP contribution in [0.3, 0.4) is 0 Å². The van der Waals surface area contributed by atoms with Crippen LogP contribution in [0.15, 0.2) is 58.5 Å². The third kappa shape index (κ3) is 5.13. The van der Waals surface area contributed by atoms with Crippen LogP contribution < -0.4 is 21.6 Å². The third-order valence-corrected chi connectivity index (χ3v) is 4.10. The summed E-state index contributed by atoms with van der Waals surface area (Å²) in [6.45, 7) is 1.20. The average Bonchev–Trinajstić information content (AvgIpc) is 2.54. The molecular weight excluding hydrogens is 358 g/mol. The standard InChI is InChI=1S/C16H17N5O4S/c1-10(22)15(16(23)19-13-4-2-3-11(17)9-13)21-20-12-5-7-14(8-6-12)26(18,24)25/h2-9,20H,17H2,1H3,(H,19,23)(H2,18,24,25)/b21-15-. The van der Waals surface area contributed by atoms with Crippen molar-refractivity contribution in [2.45, 2.75) is 11.8 Å². The first-order chi connectivity index (χ1) is 12.2. The largest absolute Gasteiger partial charge is 0.399 e. The van der Waals surface area contributed by atoms with Gasteiger partial charge in [0.15, 0.2) is 11.5 Å². The summed E-state index contributed by atoms with van der Waals surface area (Å²) in [5, 5.41) is 11.3. The first-order valence-corrected chi connectivity index (χ1v) is 8.86. The van der Waals surface area contributed by atoms with Gasteiger partial charge in [-0.15, -0.1) is 0 Å². The highest BCUT2D eigenvalue weighted by Gasteiger charge is 2.17. The first-order valence-electron chi connectivity index (χ1n) is 7.31. The van der Waals surface area contributed by atoms with E-state index >= 15 is 0 Å². The summed E-state index contributed by atoms with van der Waals surface area (Å²) in [6.07, 6.45) is 0. The van der Waals surface area contributed by atoms with E-state index in [0.717, 1.165) is 0 Å². The van der Waals surface area contributed by atoms with E-state index < -0.39 is 21.7 Å². The number of amides is 1. The Hall–Kier alpha value is -3.24. The first kappa shape index (κ1) is 19.1. The molecule has 2 rings (SSSR count). The summed E-state index contributed by atoms with van der Waals surface area (Å²) in [6, 6.07) is 11.8. The van der Waals surface area contributed by atoms with Gasteiger partial charge in [-0.05, 0) is 42.5 Å². The van der Waals surface area contributed by atoms with E-state index in [-0.39, 0.29) is 10.6 Å². The van der Waals surface area contributed by atoms with Crippen LogP contribution in [0.25, 0.3) is 0 Å². The highest BCUT2D eigenvalue weighted by atomic mass is 32.2. The molecule has 0 fully saturated rings. The maximum atomic E-state index is 12.2. The molecule has 0 aliphatic heterocycles. The Bertz CT molecular complexity index is 968. The number of nitrogens with two attached hydrogens (primary N) is 2. The van der Waals surface area contributed by atoms with E-state index in [0.29, 0.717) is 17.1 Å². The van der Waals surface area contributed by atoms with Gasteiger partial charge in [-0.25, -0.2) is 13.6 Å². The molecule has 0 atom stereocenters. The number of sulfonamides is 1. The van der Waals surface area contributed by atoms with Gasteiger partial charge in [-0.1, -0.05) is 6.07 Å². The number of anilines is 3. The van der Waals surface area contributed by atoms with Crippen LogP contribution in [0.5, 0.6) is 0 Å². The molecule has 6 N–H and O–H groups in total. The average molecular weight is 375 g/mol. The van der Waals surface area contributed by atoms with Crippen molar-refractivity contribution in [1.29, 1.82) is 0 Å². The maximum Gasteiger partial charge on any atom is 0.279 e. The van der Waals surface area contributed by atoms with Gasteiger partial charge in [0.1, 0.15) is 0 Å². The molecule has 10 heteroatoms. The topological polar surface area (TPSA) is 157 Å². The van der Waals surface area contributed by atoms with Gasteiger partial charge < -0.3 is 11.1 Å². The van der Waals surface area contributed by atoms with Gasteiger partial charge in [0.05, 0.1) is 10.6 Å². The second-order valence-corrected chi connectivity index (χ2v) is 6.84. The molecule has 0 saturated carbocycles. The summed E-state index contributed by atoms with van der Waals surface area (Å²) < 4.78 is 22.4. The molecule has 0 heterocycles. The molecule has 0 bridgehead atoms. The van der Waals surface area contributed by atoms with Crippen LogP contribution in [0.1, 0.15) is 6.92 Å². The SMILES string of the molecule is CC(=O)/C(=N/Nc1ccc(S(N)(=O)=O)cc1)C(=O)Nc1cccc(N)c1. The summed E-state index contributed by atoms with van der Waals surface area (Å²) in [4.78, 5) is 23.9. The fourth-order valence-corrected chi connectivity index (χ4v) is 2.45. The number of nitrogens with one attached hydrogen (secondary N) is 2. The van der Waals surface area contributed by atoms with Gasteiger partial charge in [-0.2, -0.15) is 5.10 Å². The number of nitrogens with zero attached hydrogens (tertiary/aromatic N) is 1. The molecule has 0 unspecified atom stereocenters. The van der Waals surface area contributed by atoms with Crippen LogP contribution >= 0.6 is 0 Å². The molecule has 9 nitrogen and oxygen atoms in total. The number of Topliss-reactive ketones (excluding diaryl/α,β-unsaturated/α-hetero) is 1. The lowest BCUT2D eigenvalue weighted by Crippen LogP contribution is -2.29. The van der Waals surface area contributed by atoms with Gasteiger partial charge in [0.25, 0.3) is 5.91 Å². The minimum absolute atomic E-state index is 0.0711. The number of hydrogen-bond donors (Lipinski definition) is 4. The highest BCUT2D eigenvalue weighted by molar-refractivity contribution is 7.89. The van der Waals surface area contributed by atoms with Crippen molar-refractivity contribution in [2.75, 3.05) is 16.5 Å². The molecule has 0 spiro atoms. The zero-order valence-corrected chi connectivity index (χ0v) is 14.6. The highest BCUT2D eigenvalue weighted by Crippen LogP contribution is 2.14. The van der Waals surface area contributed by atoms with Crippen LogP contribution in [-0.4, -0.2) is 25.8 Å². The third-order valence-electron chi connectivity index (χ3n) is 3.17. The van der Waals surface area contributed by atoms with Gasteiger partial charge in [0.2, 0.25) is 10.0 Å². The molecule has 1 amide bonds. The normalized spacial score (nSPS) is 11.7. The second-order valence-electron chi connectivity index (χ2n) is 5.28. The Labute approximate surface area is 150 Å². The van der Waals surface area contributed by atoms with Crippen LogP contribution in [0, 0.1) is 0 Å². The molecule has 0 aromatic heterocycles. The minimum atomic E-state index is -3.81. The zero-order chi connectivity index (χ0) is 19.3. The summed E-state index contributed by atoms with van der Waals surface area (Å²) in [5.41, 5.74) is 9.05. The molecule has 0 radical (unpaired) electrons. The number of primary sulfonamides is 1. The monoisotopic (exact) mass is 375 g/mol. The number of ketones is 1. The van der Waals surface area contributed by atoms with Crippen molar-refractivity contribution in [3.8, 4) is 0 Å². The Morgan fingerprint density at radius 1 is 1.04 bits per heavy atom. The number of hydrazone groups is 1. The summed E-state index contributed by atoms with van der Waals surface area (Å²) >= 11 is 0. The van der Waals surface area contributed by atoms with E-state index in [1.807, 2.05) is 0 Å². The second kappa shape index (κ2) is 7.76. The van der Waals surface area contributed by atoms with Crippen molar-refractivity contribution in [3.05, 3.63) is 48.5 Å². The molecule has 0 aliphatic rings. The van der Waals surface area contributed by atoms with E-state index in [4.69, 9.17) is 10.9 Å². The van der Waals surface area contributed by atoms with Gasteiger partial charge in [0, 0.05) is 18.3 Å². The summed E-state index contributed by atoms with van der Waals surface area (Å²) in [5.74, 6) is -1.27. The molecule has 26 heavy (non-hydrogen) atoms. The fraction of sp³-hybridized carbons (Fsp3) is 0.0625. The lowest BCUT2D eigenvalue weighted by molar-refractivity contribution is -0.114. The molecule has 2 aromatic carbocycles. The molecular formula is C16H17N5O4S. The number of nitrogen functional groups attached to an aromatic ring is 1. The van der Waals surface area contributed by atoms with Crippen molar-refractivity contribution in [2.24, 2.45) is 10.2 Å². The lowest BCUT2D eigenvalue weighted by Gasteiger charge is -2.07. The molecule has 2 aromatic rings. The molecule has 0 aliphatic carbocycles. The number of benzene rings is 2. The quantitative estimate of drug-likeness (QED) is 0.254. The fourth-order valence-electron chi connectivity index (χ4n) is 1.94. The number of hydrogen-bond acceptors (Lipinski definition) is 7. The van der Waals surface area contributed by atoms with Crippen LogP contribution in [0.4, 0.5) is 17.1 Å². The molecule has 0 saturated heterocycles. The van der Waals surface area contributed by atoms with Crippen molar-refractivity contribution in [1.82, 2.24) is 0 Å². The minimum Gasteiger partial charge on any atom is -0.399 e. The summed E-state index contributed by atoms with van der Waals surface area (Å²) in [7, 11) is -3.81. The molecule has 136 valence electrons. The number of carbonyl (C=O) groups excluding carboxylic acids is 2. The predicted molar refractivity (Wildman–Crippen MR) is 99.0 cm³/mol. The van der Waals surface area contributed by atoms with Crippen LogP contribution in [-0.2, 0) is 19.6 Å². The van der Waals surface area contributed by atoms with Gasteiger partial charge >= 0.3 is 0 Å². The number of carbonyl (C=O) groups is 2. The number of rotatable bonds is 6. The van der Waals surface area contributed by atoms with Crippen molar-refractivity contribution < 1.29 is 18.0 Å². The zero-order valence-electron chi connectivity index (χ0n) is 13.8. The van der Waals surface area contributed by atoms with Crippen molar-refractivity contribution >= 4 is 44.5 Å². The van der Waals surface area contributed by atoms with E-state index in [9.17, 15) is 18.0 Å². The lowest BCUT2D eigenvalue weighted by atomic mass is 10.2. The Morgan fingerprint density at radius 2 is 1.69 bits per heavy atom. The van der Waals surface area contributed by atoms with Gasteiger partial charge in [-0.3, -0.25) is 15.0 Å². The van der Waals surface area contributed by atoms with Crippen LogP contribution in [0.2, 0.25) is 0 Å². The smallest absolute Gasteiger partial charge is 0.279 e. The Balaban J connectivity index is 2.16.